The first-order valence-electron chi connectivity index (χ1n) is 9.62. The van der Waals surface area contributed by atoms with Crippen molar-refractivity contribution in [1.82, 2.24) is 10.2 Å². The van der Waals surface area contributed by atoms with E-state index in [0.717, 1.165) is 49.9 Å². The Bertz CT molecular complexity index is 749. The molecule has 0 saturated heterocycles. The topological polar surface area (TPSA) is 32.3 Å². The van der Waals surface area contributed by atoms with Gasteiger partial charge >= 0.3 is 0 Å². The Labute approximate surface area is 159 Å². The van der Waals surface area contributed by atoms with Gasteiger partial charge in [-0.1, -0.05) is 30.4 Å². The molecular formula is C22H26N2OS. The minimum absolute atomic E-state index is 0.0868. The number of carbonyl (C=O) groups excluding carboxylic acids is 1. The summed E-state index contributed by atoms with van der Waals surface area (Å²) in [6.07, 6.45) is 20.3. The Morgan fingerprint density at radius 1 is 1.15 bits per heavy atom. The van der Waals surface area contributed by atoms with Crippen molar-refractivity contribution < 1.29 is 4.79 Å². The van der Waals surface area contributed by atoms with Crippen LogP contribution >= 0.6 is 11.3 Å². The molecule has 2 aliphatic carbocycles. The molecule has 1 N–H and O–H groups in total. The lowest BCUT2D eigenvalue weighted by Crippen LogP contribution is -2.42. The number of nitrogens with zero attached hydrogens (tertiary/aromatic N) is 1. The lowest BCUT2D eigenvalue weighted by Gasteiger charge is -2.37. The van der Waals surface area contributed by atoms with Crippen LogP contribution < -0.4 is 5.32 Å². The molecule has 4 rings (SSSR count). The summed E-state index contributed by atoms with van der Waals surface area (Å²) in [6.45, 7) is 1.00. The van der Waals surface area contributed by atoms with Gasteiger partial charge in [0.1, 0.15) is 0 Å². The summed E-state index contributed by atoms with van der Waals surface area (Å²) < 4.78 is 0. The molecule has 0 radical (unpaired) electrons. The standard InChI is InChI=1S/C22H26N2OS/c25-22(21-7-4-16-26-21)23-19-8-10-20(11-9-19)24-14-12-18(13-15-24)17-5-2-1-3-6-17/h1-2,4,6-7,12-14,16,19-20H,3,5,8-11,15H2,(H,23,25). The van der Waals surface area contributed by atoms with E-state index in [0.29, 0.717) is 12.1 Å². The molecule has 1 aliphatic heterocycles. The molecule has 1 amide bonds. The van der Waals surface area contributed by atoms with Crippen molar-refractivity contribution in [2.75, 3.05) is 6.54 Å². The van der Waals surface area contributed by atoms with E-state index in [1.54, 1.807) is 0 Å². The minimum Gasteiger partial charge on any atom is -0.371 e. The zero-order valence-electron chi connectivity index (χ0n) is 15.1. The van der Waals surface area contributed by atoms with Crippen molar-refractivity contribution in [2.24, 2.45) is 0 Å². The predicted molar refractivity (Wildman–Crippen MR) is 108 cm³/mol. The van der Waals surface area contributed by atoms with Gasteiger partial charge in [-0.25, -0.2) is 0 Å². The summed E-state index contributed by atoms with van der Waals surface area (Å²) in [5.41, 5.74) is 2.85. The third-order valence-electron chi connectivity index (χ3n) is 5.59. The SMILES string of the molecule is O=C(NC1CCC(N2C=CC(C3=CCC=CC3)=CC2)CC1)c1cccs1. The van der Waals surface area contributed by atoms with Crippen LogP contribution in [0.25, 0.3) is 0 Å². The zero-order chi connectivity index (χ0) is 17.8. The summed E-state index contributed by atoms with van der Waals surface area (Å²) in [6, 6.07) is 4.74. The van der Waals surface area contributed by atoms with Gasteiger partial charge in [0.05, 0.1) is 4.88 Å². The number of hydrogen-bond acceptors (Lipinski definition) is 3. The van der Waals surface area contributed by atoms with E-state index < -0.39 is 0 Å². The van der Waals surface area contributed by atoms with Crippen LogP contribution in [0.5, 0.6) is 0 Å². The number of carbonyl (C=O) groups is 1. The van der Waals surface area contributed by atoms with Crippen molar-refractivity contribution in [3.63, 3.8) is 0 Å². The lowest BCUT2D eigenvalue weighted by molar-refractivity contribution is 0.0920. The molecule has 3 aliphatic rings. The van der Waals surface area contributed by atoms with E-state index in [-0.39, 0.29) is 5.91 Å². The summed E-state index contributed by atoms with van der Waals surface area (Å²) in [4.78, 5) is 15.5. The van der Waals surface area contributed by atoms with Gasteiger partial charge in [0, 0.05) is 24.8 Å². The molecule has 136 valence electrons. The van der Waals surface area contributed by atoms with Crippen molar-refractivity contribution in [3.05, 3.63) is 70.1 Å². The second kappa shape index (κ2) is 8.09. The molecule has 1 aromatic rings. The maximum atomic E-state index is 12.2. The van der Waals surface area contributed by atoms with Gasteiger partial charge in [0.2, 0.25) is 0 Å². The highest BCUT2D eigenvalue weighted by molar-refractivity contribution is 7.12. The minimum atomic E-state index is 0.0868. The molecule has 26 heavy (non-hydrogen) atoms. The van der Waals surface area contributed by atoms with Crippen LogP contribution in [-0.4, -0.2) is 29.4 Å². The summed E-state index contributed by atoms with van der Waals surface area (Å²) in [5, 5.41) is 5.16. The van der Waals surface area contributed by atoms with Gasteiger partial charge in [0.15, 0.2) is 0 Å². The van der Waals surface area contributed by atoms with Gasteiger partial charge in [-0.2, -0.15) is 0 Å². The van der Waals surface area contributed by atoms with E-state index in [1.807, 2.05) is 17.5 Å². The Hall–Kier alpha value is -2.07. The summed E-state index contributed by atoms with van der Waals surface area (Å²) >= 11 is 1.51. The monoisotopic (exact) mass is 366 g/mol. The number of hydrogen-bond donors (Lipinski definition) is 1. The fraction of sp³-hybridized carbons (Fsp3) is 0.409. The largest absolute Gasteiger partial charge is 0.371 e. The molecule has 0 bridgehead atoms. The number of thiophene rings is 1. The average molecular weight is 367 g/mol. The Kier molecular flexibility index (Phi) is 5.40. The van der Waals surface area contributed by atoms with E-state index in [1.165, 1.54) is 22.5 Å². The second-order valence-electron chi connectivity index (χ2n) is 7.27. The molecule has 0 spiro atoms. The third-order valence-corrected chi connectivity index (χ3v) is 6.46. The molecule has 1 aromatic heterocycles. The third kappa shape index (κ3) is 4.01. The van der Waals surface area contributed by atoms with Crippen LogP contribution in [0.2, 0.25) is 0 Å². The molecule has 0 unspecified atom stereocenters. The Morgan fingerprint density at radius 3 is 2.69 bits per heavy atom. The molecule has 2 heterocycles. The highest BCUT2D eigenvalue weighted by Gasteiger charge is 2.26. The molecule has 0 aromatic carbocycles. The highest BCUT2D eigenvalue weighted by atomic mass is 32.1. The number of amides is 1. The number of nitrogens with one attached hydrogen (secondary N) is 1. The first-order chi connectivity index (χ1) is 12.8. The average Bonchev–Trinajstić information content (AvgIpc) is 3.25. The van der Waals surface area contributed by atoms with Crippen molar-refractivity contribution in [3.8, 4) is 0 Å². The highest BCUT2D eigenvalue weighted by Crippen LogP contribution is 2.28. The van der Waals surface area contributed by atoms with Gasteiger partial charge in [-0.05, 0) is 67.2 Å². The van der Waals surface area contributed by atoms with Gasteiger partial charge in [0.25, 0.3) is 5.91 Å². The summed E-state index contributed by atoms with van der Waals surface area (Å²) in [5.74, 6) is 0.0868. The molecule has 4 heteroatoms. The molecule has 3 nitrogen and oxygen atoms in total. The predicted octanol–water partition coefficient (Wildman–Crippen LogP) is 4.82. The van der Waals surface area contributed by atoms with E-state index in [2.05, 4.69) is 46.8 Å². The zero-order valence-corrected chi connectivity index (χ0v) is 15.9. The maximum absolute atomic E-state index is 12.2. The van der Waals surface area contributed by atoms with Crippen LogP contribution in [0.4, 0.5) is 0 Å². The second-order valence-corrected chi connectivity index (χ2v) is 8.22. The van der Waals surface area contributed by atoms with Crippen molar-refractivity contribution in [2.45, 2.75) is 50.6 Å². The van der Waals surface area contributed by atoms with Crippen LogP contribution in [0.15, 0.2) is 65.2 Å². The van der Waals surface area contributed by atoms with Crippen LogP contribution in [0, 0.1) is 0 Å². The normalized spacial score (nSPS) is 25.6. The Morgan fingerprint density at radius 2 is 2.04 bits per heavy atom. The lowest BCUT2D eigenvalue weighted by atomic mass is 9.89. The summed E-state index contributed by atoms with van der Waals surface area (Å²) in [7, 11) is 0. The fourth-order valence-corrected chi connectivity index (χ4v) is 4.70. The maximum Gasteiger partial charge on any atom is 0.261 e. The van der Waals surface area contributed by atoms with Crippen molar-refractivity contribution in [1.29, 1.82) is 0 Å². The van der Waals surface area contributed by atoms with Gasteiger partial charge in [-0.3, -0.25) is 4.79 Å². The van der Waals surface area contributed by atoms with Crippen LogP contribution in [0.1, 0.15) is 48.2 Å². The van der Waals surface area contributed by atoms with Crippen molar-refractivity contribution >= 4 is 17.2 Å². The molecule has 0 atom stereocenters. The smallest absolute Gasteiger partial charge is 0.261 e. The van der Waals surface area contributed by atoms with Gasteiger partial charge < -0.3 is 10.2 Å². The first-order valence-corrected chi connectivity index (χ1v) is 10.5. The van der Waals surface area contributed by atoms with Gasteiger partial charge in [-0.15, -0.1) is 11.3 Å². The van der Waals surface area contributed by atoms with E-state index in [4.69, 9.17) is 0 Å². The van der Waals surface area contributed by atoms with E-state index >= 15 is 0 Å². The molecule has 1 saturated carbocycles. The van der Waals surface area contributed by atoms with Crippen LogP contribution in [0.3, 0.4) is 0 Å². The molecular weight excluding hydrogens is 340 g/mol. The van der Waals surface area contributed by atoms with E-state index in [9.17, 15) is 4.79 Å². The Balaban J connectivity index is 1.25. The van der Waals surface area contributed by atoms with Crippen LogP contribution in [-0.2, 0) is 0 Å². The number of allylic oxidation sites excluding steroid dienone is 6. The quantitative estimate of drug-likeness (QED) is 0.775. The number of rotatable bonds is 4. The first kappa shape index (κ1) is 17.3. The fourth-order valence-electron chi connectivity index (χ4n) is 4.07. The molecule has 1 fully saturated rings.